The van der Waals surface area contributed by atoms with E-state index in [1.165, 1.54) is 32.2 Å². The van der Waals surface area contributed by atoms with E-state index in [1.54, 1.807) is 0 Å². The van der Waals surface area contributed by atoms with Gasteiger partial charge in [0.2, 0.25) is 0 Å². The highest BCUT2D eigenvalue weighted by Gasteiger charge is 1.86. The topological polar surface area (TPSA) is 12.0 Å². The molecule has 0 aromatic heterocycles. The molecule has 78 valence electrons. The van der Waals surface area contributed by atoms with Gasteiger partial charge in [-0.2, -0.15) is 0 Å². The van der Waals surface area contributed by atoms with Crippen LogP contribution in [-0.4, -0.2) is 13.1 Å². The second-order valence-corrected chi connectivity index (χ2v) is 3.94. The molecular weight excluding hydrogens is 158 g/mol. The third kappa shape index (κ3) is 11.7. The minimum atomic E-state index is 0.682. The van der Waals surface area contributed by atoms with Crippen molar-refractivity contribution < 1.29 is 0 Å². The average Bonchev–Trinajstić information content (AvgIpc) is 2.09. The molecule has 0 aromatic rings. The van der Waals surface area contributed by atoms with Gasteiger partial charge in [-0.15, -0.1) is 0 Å². The average molecular weight is 183 g/mol. The summed E-state index contributed by atoms with van der Waals surface area (Å²) in [5, 5.41) is 3.41. The Morgan fingerprint density at radius 1 is 1.15 bits per heavy atom. The Morgan fingerprint density at radius 3 is 2.54 bits per heavy atom. The summed E-state index contributed by atoms with van der Waals surface area (Å²) in [5.74, 6) is 0.682. The van der Waals surface area contributed by atoms with Gasteiger partial charge in [0.15, 0.2) is 0 Å². The van der Waals surface area contributed by atoms with Crippen molar-refractivity contribution in [3.05, 3.63) is 12.2 Å². The molecule has 0 aliphatic rings. The predicted molar refractivity (Wildman–Crippen MR) is 61.0 cm³/mol. The van der Waals surface area contributed by atoms with E-state index in [1.807, 2.05) is 0 Å². The Kier molecular flexibility index (Phi) is 9.56. The van der Waals surface area contributed by atoms with Crippen LogP contribution in [0.5, 0.6) is 0 Å². The lowest BCUT2D eigenvalue weighted by Crippen LogP contribution is -2.14. The second-order valence-electron chi connectivity index (χ2n) is 3.94. The fourth-order valence-electron chi connectivity index (χ4n) is 1.20. The van der Waals surface area contributed by atoms with E-state index in [0.717, 1.165) is 6.54 Å². The van der Waals surface area contributed by atoms with Crippen LogP contribution in [0.1, 0.15) is 46.5 Å². The highest BCUT2D eigenvalue weighted by Crippen LogP contribution is 1.97. The van der Waals surface area contributed by atoms with Crippen LogP contribution in [0, 0.1) is 5.92 Å². The van der Waals surface area contributed by atoms with E-state index in [0.29, 0.717) is 5.92 Å². The number of allylic oxidation sites excluding steroid dienone is 1. The third-order valence-corrected chi connectivity index (χ3v) is 1.99. The van der Waals surface area contributed by atoms with Gasteiger partial charge >= 0.3 is 0 Å². The van der Waals surface area contributed by atoms with Gasteiger partial charge in [-0.1, -0.05) is 52.2 Å². The SMILES string of the molecule is CCCCCCNC/C=C/C(C)C. The van der Waals surface area contributed by atoms with Crippen molar-refractivity contribution in [1.29, 1.82) is 0 Å². The van der Waals surface area contributed by atoms with Gasteiger partial charge in [-0.25, -0.2) is 0 Å². The summed E-state index contributed by atoms with van der Waals surface area (Å²) in [4.78, 5) is 0. The maximum atomic E-state index is 3.41. The molecule has 0 rings (SSSR count). The van der Waals surface area contributed by atoms with Crippen molar-refractivity contribution >= 4 is 0 Å². The highest BCUT2D eigenvalue weighted by atomic mass is 14.8. The minimum absolute atomic E-state index is 0.682. The van der Waals surface area contributed by atoms with Crippen LogP contribution in [0.2, 0.25) is 0 Å². The Bertz CT molecular complexity index is 116. The Morgan fingerprint density at radius 2 is 1.92 bits per heavy atom. The lowest BCUT2D eigenvalue weighted by Gasteiger charge is -2.01. The van der Waals surface area contributed by atoms with Gasteiger partial charge in [-0.05, 0) is 18.9 Å². The van der Waals surface area contributed by atoms with E-state index in [4.69, 9.17) is 0 Å². The standard InChI is InChI=1S/C12H25N/c1-4-5-6-7-10-13-11-8-9-12(2)3/h8-9,12-13H,4-7,10-11H2,1-3H3/b9-8+. The van der Waals surface area contributed by atoms with Crippen molar-refractivity contribution in [3.63, 3.8) is 0 Å². The molecule has 1 nitrogen and oxygen atoms in total. The normalized spacial score (nSPS) is 11.7. The van der Waals surface area contributed by atoms with Crippen molar-refractivity contribution in [2.24, 2.45) is 5.92 Å². The summed E-state index contributed by atoms with van der Waals surface area (Å²) in [6, 6.07) is 0. The fraction of sp³-hybridized carbons (Fsp3) is 0.833. The summed E-state index contributed by atoms with van der Waals surface area (Å²) in [6.45, 7) is 8.86. The summed E-state index contributed by atoms with van der Waals surface area (Å²) < 4.78 is 0. The fourth-order valence-corrected chi connectivity index (χ4v) is 1.20. The number of rotatable bonds is 8. The summed E-state index contributed by atoms with van der Waals surface area (Å²) in [5.41, 5.74) is 0. The maximum absolute atomic E-state index is 3.41. The molecule has 0 atom stereocenters. The van der Waals surface area contributed by atoms with Crippen LogP contribution in [0.3, 0.4) is 0 Å². The van der Waals surface area contributed by atoms with Crippen LogP contribution in [0.25, 0.3) is 0 Å². The van der Waals surface area contributed by atoms with E-state index < -0.39 is 0 Å². The van der Waals surface area contributed by atoms with Crippen LogP contribution >= 0.6 is 0 Å². The van der Waals surface area contributed by atoms with Crippen LogP contribution < -0.4 is 5.32 Å². The zero-order valence-corrected chi connectivity index (χ0v) is 9.47. The number of hydrogen-bond acceptors (Lipinski definition) is 1. The molecule has 0 bridgehead atoms. The number of nitrogens with one attached hydrogen (secondary N) is 1. The van der Waals surface area contributed by atoms with Gasteiger partial charge in [0.25, 0.3) is 0 Å². The third-order valence-electron chi connectivity index (χ3n) is 1.99. The summed E-state index contributed by atoms with van der Waals surface area (Å²) in [6.07, 6.45) is 9.88. The molecule has 0 saturated heterocycles. The van der Waals surface area contributed by atoms with E-state index in [9.17, 15) is 0 Å². The van der Waals surface area contributed by atoms with E-state index in [-0.39, 0.29) is 0 Å². The monoisotopic (exact) mass is 183 g/mol. The number of unbranched alkanes of at least 4 members (excludes halogenated alkanes) is 3. The molecule has 0 amide bonds. The van der Waals surface area contributed by atoms with Crippen molar-refractivity contribution in [2.75, 3.05) is 13.1 Å². The van der Waals surface area contributed by atoms with Gasteiger partial charge in [0.1, 0.15) is 0 Å². The predicted octanol–water partition coefficient (Wildman–Crippen LogP) is 3.37. The maximum Gasteiger partial charge on any atom is 0.0134 e. The molecule has 1 N–H and O–H groups in total. The zero-order chi connectivity index (χ0) is 9.94. The molecule has 0 fully saturated rings. The van der Waals surface area contributed by atoms with Crippen molar-refractivity contribution in [2.45, 2.75) is 46.5 Å². The molecule has 0 spiro atoms. The highest BCUT2D eigenvalue weighted by molar-refractivity contribution is 4.85. The Hall–Kier alpha value is -0.300. The van der Waals surface area contributed by atoms with Gasteiger partial charge in [0.05, 0.1) is 0 Å². The van der Waals surface area contributed by atoms with Gasteiger partial charge in [-0.3, -0.25) is 0 Å². The zero-order valence-electron chi connectivity index (χ0n) is 9.47. The molecule has 0 aliphatic carbocycles. The number of hydrogen-bond donors (Lipinski definition) is 1. The van der Waals surface area contributed by atoms with Crippen molar-refractivity contribution in [1.82, 2.24) is 5.32 Å². The summed E-state index contributed by atoms with van der Waals surface area (Å²) in [7, 11) is 0. The van der Waals surface area contributed by atoms with Crippen LogP contribution in [0.4, 0.5) is 0 Å². The molecular formula is C12H25N. The molecule has 0 aliphatic heterocycles. The summed E-state index contributed by atoms with van der Waals surface area (Å²) >= 11 is 0. The first kappa shape index (κ1) is 12.7. The molecule has 1 heteroatoms. The molecule has 0 saturated carbocycles. The quantitative estimate of drug-likeness (QED) is 0.449. The Balaban J connectivity index is 2.99. The molecule has 0 radical (unpaired) electrons. The first-order valence-electron chi connectivity index (χ1n) is 5.64. The van der Waals surface area contributed by atoms with Crippen LogP contribution in [0.15, 0.2) is 12.2 Å². The van der Waals surface area contributed by atoms with Gasteiger partial charge in [0, 0.05) is 6.54 Å². The molecule has 0 heterocycles. The first-order valence-corrected chi connectivity index (χ1v) is 5.64. The molecule has 13 heavy (non-hydrogen) atoms. The lowest BCUT2D eigenvalue weighted by atomic mass is 10.2. The lowest BCUT2D eigenvalue weighted by molar-refractivity contribution is 0.619. The molecule has 0 unspecified atom stereocenters. The minimum Gasteiger partial charge on any atom is -0.313 e. The smallest absolute Gasteiger partial charge is 0.0134 e. The van der Waals surface area contributed by atoms with E-state index >= 15 is 0 Å². The van der Waals surface area contributed by atoms with Gasteiger partial charge < -0.3 is 5.32 Å². The second kappa shape index (κ2) is 9.79. The molecule has 0 aromatic carbocycles. The van der Waals surface area contributed by atoms with Crippen molar-refractivity contribution in [3.8, 4) is 0 Å². The first-order chi connectivity index (χ1) is 6.27. The Labute approximate surface area is 83.6 Å². The van der Waals surface area contributed by atoms with E-state index in [2.05, 4.69) is 38.2 Å². The largest absolute Gasteiger partial charge is 0.313 e. The van der Waals surface area contributed by atoms with Crippen LogP contribution in [-0.2, 0) is 0 Å².